The first-order valence-corrected chi connectivity index (χ1v) is 9.93. The highest BCUT2D eigenvalue weighted by atomic mass is 16.7. The molecule has 2 aromatic rings. The highest BCUT2D eigenvalue weighted by molar-refractivity contribution is 5.56. The van der Waals surface area contributed by atoms with Crippen LogP contribution in [0.3, 0.4) is 0 Å². The quantitative estimate of drug-likeness (QED) is 0.781. The first-order chi connectivity index (χ1) is 13.7. The Morgan fingerprint density at radius 3 is 2.86 bits per heavy atom. The number of likely N-dealkylation sites (tertiary alicyclic amines) is 1. The average Bonchev–Trinajstić information content (AvgIpc) is 3.17. The minimum atomic E-state index is 0.307. The summed E-state index contributed by atoms with van der Waals surface area (Å²) in [6.45, 7) is 5.94. The van der Waals surface area contributed by atoms with Crippen LogP contribution < -0.4 is 24.3 Å². The normalized spacial score (nSPS) is 18.7. The molecule has 4 rings (SSSR count). The number of nitrogens with zero attached hydrogens (tertiary/aromatic N) is 1. The van der Waals surface area contributed by atoms with Crippen molar-refractivity contribution in [2.45, 2.75) is 32.4 Å². The minimum Gasteiger partial charge on any atom is -0.493 e. The van der Waals surface area contributed by atoms with Gasteiger partial charge in [0.2, 0.25) is 6.79 Å². The van der Waals surface area contributed by atoms with Crippen LogP contribution in [-0.2, 0) is 6.54 Å². The van der Waals surface area contributed by atoms with Gasteiger partial charge in [-0.3, -0.25) is 4.90 Å². The number of anilines is 1. The van der Waals surface area contributed by atoms with E-state index in [4.69, 9.17) is 18.9 Å². The molecule has 1 fully saturated rings. The molecule has 0 bridgehead atoms. The van der Waals surface area contributed by atoms with Crippen molar-refractivity contribution in [1.29, 1.82) is 0 Å². The summed E-state index contributed by atoms with van der Waals surface area (Å²) in [7, 11) is 1.68. The van der Waals surface area contributed by atoms with Crippen molar-refractivity contribution >= 4 is 5.69 Å². The van der Waals surface area contributed by atoms with E-state index in [9.17, 15) is 0 Å². The van der Waals surface area contributed by atoms with Crippen molar-refractivity contribution in [3.8, 4) is 23.0 Å². The van der Waals surface area contributed by atoms with Gasteiger partial charge in [0.15, 0.2) is 23.0 Å². The van der Waals surface area contributed by atoms with Gasteiger partial charge in [0.25, 0.3) is 0 Å². The summed E-state index contributed by atoms with van der Waals surface area (Å²) >= 11 is 0. The number of rotatable bonds is 7. The van der Waals surface area contributed by atoms with Crippen molar-refractivity contribution < 1.29 is 18.9 Å². The fourth-order valence-corrected chi connectivity index (χ4v) is 3.88. The Morgan fingerprint density at radius 1 is 1.11 bits per heavy atom. The molecular formula is C22H28N2O4. The lowest BCUT2D eigenvalue weighted by Crippen LogP contribution is -2.41. The van der Waals surface area contributed by atoms with Crippen molar-refractivity contribution in [2.24, 2.45) is 0 Å². The zero-order chi connectivity index (χ0) is 19.3. The van der Waals surface area contributed by atoms with Crippen molar-refractivity contribution in [1.82, 2.24) is 4.90 Å². The fraction of sp³-hybridized carbons (Fsp3) is 0.455. The molecular weight excluding hydrogens is 356 g/mol. The largest absolute Gasteiger partial charge is 0.493 e. The second-order valence-corrected chi connectivity index (χ2v) is 7.20. The highest BCUT2D eigenvalue weighted by Crippen LogP contribution is 2.35. The molecule has 150 valence electrons. The molecule has 6 heteroatoms. The van der Waals surface area contributed by atoms with E-state index in [1.807, 2.05) is 25.1 Å². The number of hydrogen-bond acceptors (Lipinski definition) is 6. The first kappa shape index (κ1) is 18.7. The Bertz CT molecular complexity index is 811. The van der Waals surface area contributed by atoms with Crippen LogP contribution in [0, 0.1) is 0 Å². The summed E-state index contributed by atoms with van der Waals surface area (Å²) in [6, 6.07) is 12.7. The summed E-state index contributed by atoms with van der Waals surface area (Å²) in [5.41, 5.74) is 2.33. The Labute approximate surface area is 166 Å². The van der Waals surface area contributed by atoms with Gasteiger partial charge in [0.05, 0.1) is 13.7 Å². The van der Waals surface area contributed by atoms with E-state index in [1.165, 1.54) is 12.0 Å². The Balaban J connectivity index is 1.38. The van der Waals surface area contributed by atoms with E-state index in [2.05, 4.69) is 28.4 Å². The van der Waals surface area contributed by atoms with Crippen LogP contribution in [0.2, 0.25) is 0 Å². The van der Waals surface area contributed by atoms with Crippen molar-refractivity contribution in [3.05, 3.63) is 42.0 Å². The summed E-state index contributed by atoms with van der Waals surface area (Å²) in [4.78, 5) is 2.49. The van der Waals surface area contributed by atoms with E-state index >= 15 is 0 Å². The van der Waals surface area contributed by atoms with E-state index in [1.54, 1.807) is 7.11 Å². The predicted molar refractivity (Wildman–Crippen MR) is 109 cm³/mol. The molecule has 6 nitrogen and oxygen atoms in total. The Morgan fingerprint density at radius 2 is 2.00 bits per heavy atom. The summed E-state index contributed by atoms with van der Waals surface area (Å²) in [5.74, 6) is 3.24. The van der Waals surface area contributed by atoms with Crippen LogP contribution in [0.1, 0.15) is 25.3 Å². The third-order valence-corrected chi connectivity index (χ3v) is 5.18. The molecule has 1 N–H and O–H groups in total. The maximum Gasteiger partial charge on any atom is 0.231 e. The van der Waals surface area contributed by atoms with Crippen LogP contribution in [0.15, 0.2) is 36.4 Å². The lowest BCUT2D eigenvalue weighted by atomic mass is 10.0. The molecule has 0 aromatic heterocycles. The summed E-state index contributed by atoms with van der Waals surface area (Å²) < 4.78 is 22.0. The Hall–Kier alpha value is -2.60. The number of fused-ring (bicyclic) bond motifs is 1. The van der Waals surface area contributed by atoms with Gasteiger partial charge in [-0.1, -0.05) is 6.07 Å². The van der Waals surface area contributed by atoms with Gasteiger partial charge in [0.1, 0.15) is 0 Å². The highest BCUT2D eigenvalue weighted by Gasteiger charge is 2.21. The number of benzene rings is 2. The molecule has 2 aliphatic heterocycles. The number of nitrogens with one attached hydrogen (secondary N) is 1. The van der Waals surface area contributed by atoms with Gasteiger partial charge >= 0.3 is 0 Å². The molecule has 0 radical (unpaired) electrons. The van der Waals surface area contributed by atoms with E-state index in [-0.39, 0.29) is 0 Å². The number of methoxy groups -OCH3 is 1. The zero-order valence-corrected chi connectivity index (χ0v) is 16.6. The smallest absolute Gasteiger partial charge is 0.231 e. The number of hydrogen-bond donors (Lipinski definition) is 1. The van der Waals surface area contributed by atoms with Gasteiger partial charge in [0, 0.05) is 30.9 Å². The third-order valence-electron chi connectivity index (χ3n) is 5.18. The molecule has 28 heavy (non-hydrogen) atoms. The lowest BCUT2D eigenvalue weighted by Gasteiger charge is -2.33. The molecule has 1 atom stereocenters. The van der Waals surface area contributed by atoms with Crippen molar-refractivity contribution in [3.63, 3.8) is 0 Å². The maximum atomic E-state index is 5.72. The van der Waals surface area contributed by atoms with E-state index in [0.717, 1.165) is 54.7 Å². The monoisotopic (exact) mass is 384 g/mol. The molecule has 1 unspecified atom stereocenters. The van der Waals surface area contributed by atoms with Crippen LogP contribution in [0.4, 0.5) is 5.69 Å². The van der Waals surface area contributed by atoms with Crippen LogP contribution in [-0.4, -0.2) is 44.5 Å². The van der Waals surface area contributed by atoms with Gasteiger partial charge in [-0.15, -0.1) is 0 Å². The summed E-state index contributed by atoms with van der Waals surface area (Å²) in [6.07, 6.45) is 2.34. The van der Waals surface area contributed by atoms with Gasteiger partial charge in [-0.05, 0) is 56.1 Å². The Kier molecular flexibility index (Phi) is 5.76. The number of ether oxygens (including phenoxy) is 4. The molecule has 2 aromatic carbocycles. The van der Waals surface area contributed by atoms with E-state index < -0.39 is 0 Å². The topological polar surface area (TPSA) is 52.2 Å². The molecule has 0 amide bonds. The van der Waals surface area contributed by atoms with Crippen LogP contribution >= 0.6 is 0 Å². The minimum absolute atomic E-state index is 0.307. The fourth-order valence-electron chi connectivity index (χ4n) is 3.88. The predicted octanol–water partition coefficient (Wildman–Crippen LogP) is 3.90. The zero-order valence-electron chi connectivity index (χ0n) is 16.6. The standard InChI is InChI=1S/C22H28N2O4/c1-3-26-21-11-16(6-8-19(21)25-2)13-24-10-4-5-18(14-24)23-17-7-9-20-22(12-17)28-15-27-20/h6-9,11-12,18,23H,3-5,10,13-15H2,1-2H3. The van der Waals surface area contributed by atoms with Crippen LogP contribution in [0.25, 0.3) is 0 Å². The van der Waals surface area contributed by atoms with Gasteiger partial charge in [-0.25, -0.2) is 0 Å². The van der Waals surface area contributed by atoms with Gasteiger partial charge in [-0.2, -0.15) is 0 Å². The molecule has 0 aliphatic carbocycles. The first-order valence-electron chi connectivity index (χ1n) is 9.93. The lowest BCUT2D eigenvalue weighted by molar-refractivity contribution is 0.174. The maximum absolute atomic E-state index is 5.72. The number of piperidine rings is 1. The molecule has 1 saturated heterocycles. The molecule has 2 aliphatic rings. The SMILES string of the molecule is CCOc1cc(CN2CCCC(Nc3ccc4c(c3)OCO4)C2)ccc1OC. The van der Waals surface area contributed by atoms with Crippen molar-refractivity contribution in [2.75, 3.05) is 38.9 Å². The summed E-state index contributed by atoms with van der Waals surface area (Å²) in [5, 5.41) is 3.65. The molecule has 2 heterocycles. The molecule has 0 spiro atoms. The third kappa shape index (κ3) is 4.28. The second-order valence-electron chi connectivity index (χ2n) is 7.20. The average molecular weight is 384 g/mol. The van der Waals surface area contributed by atoms with E-state index in [0.29, 0.717) is 19.4 Å². The molecule has 0 saturated carbocycles. The van der Waals surface area contributed by atoms with Gasteiger partial charge < -0.3 is 24.3 Å². The second kappa shape index (κ2) is 8.61. The van der Waals surface area contributed by atoms with Crippen LogP contribution in [0.5, 0.6) is 23.0 Å².